The van der Waals surface area contributed by atoms with Gasteiger partial charge in [-0.3, -0.25) is 0 Å². The van der Waals surface area contributed by atoms with Crippen LogP contribution in [0, 0.1) is 12.8 Å². The van der Waals surface area contributed by atoms with Crippen LogP contribution in [0.4, 0.5) is 4.79 Å². The second-order valence-corrected chi connectivity index (χ2v) is 7.60. The second-order valence-electron chi connectivity index (χ2n) is 7.60. The van der Waals surface area contributed by atoms with Crippen LogP contribution in [-0.2, 0) is 10.3 Å². The van der Waals surface area contributed by atoms with Gasteiger partial charge in [-0.05, 0) is 75.3 Å². The van der Waals surface area contributed by atoms with Gasteiger partial charge >= 0.3 is 6.09 Å². The summed E-state index contributed by atoms with van der Waals surface area (Å²) < 4.78 is 7.54. The number of allylic oxidation sites excluding steroid dienone is 2. The Morgan fingerprint density at radius 1 is 1.26 bits per heavy atom. The Hall–Kier alpha value is -2.03. The van der Waals surface area contributed by atoms with E-state index >= 15 is 0 Å². The molecular formula is C20H23NO2. The average Bonchev–Trinajstić information content (AvgIpc) is 2.84. The number of aryl methyl sites for hydroxylation is 1. The summed E-state index contributed by atoms with van der Waals surface area (Å²) in [7, 11) is 0. The molecule has 2 heterocycles. The number of carbonyl (C=O) groups excluding carboxylic acids is 1. The molecule has 2 aliphatic rings. The minimum absolute atomic E-state index is 0.254. The monoisotopic (exact) mass is 309 g/mol. The highest BCUT2D eigenvalue weighted by Gasteiger charge is 2.37. The Bertz CT molecular complexity index is 854. The fourth-order valence-corrected chi connectivity index (χ4v) is 3.90. The molecule has 0 N–H and O–H groups in total. The van der Waals surface area contributed by atoms with Crippen molar-refractivity contribution in [2.24, 2.45) is 5.92 Å². The van der Waals surface area contributed by atoms with Crippen molar-refractivity contribution in [1.82, 2.24) is 4.57 Å². The zero-order valence-corrected chi connectivity index (χ0v) is 14.3. The van der Waals surface area contributed by atoms with E-state index in [1.54, 1.807) is 4.57 Å². The van der Waals surface area contributed by atoms with E-state index in [2.05, 4.69) is 38.1 Å². The van der Waals surface area contributed by atoms with Crippen LogP contribution in [0.25, 0.3) is 16.5 Å². The van der Waals surface area contributed by atoms with Gasteiger partial charge < -0.3 is 4.74 Å². The first-order valence-corrected chi connectivity index (χ1v) is 8.46. The summed E-state index contributed by atoms with van der Waals surface area (Å²) >= 11 is 0. The predicted octanol–water partition coefficient (Wildman–Crippen LogP) is 5.39. The summed E-state index contributed by atoms with van der Waals surface area (Å²) in [5.41, 5.74) is 5.03. The van der Waals surface area contributed by atoms with E-state index in [9.17, 15) is 4.79 Å². The molecule has 1 atom stereocenters. The molecule has 0 saturated heterocycles. The molecule has 4 rings (SSSR count). The van der Waals surface area contributed by atoms with Gasteiger partial charge in [0, 0.05) is 10.9 Å². The number of rotatable bonds is 1. The maximum absolute atomic E-state index is 12.7. The SMILES string of the molecule is Cc1cc2c3c(c1)cc(C1=CCC(C)CC1)n3C(=O)OC2(C)C. The highest BCUT2D eigenvalue weighted by Crippen LogP contribution is 2.41. The molecule has 1 aliphatic carbocycles. The molecule has 0 saturated carbocycles. The number of benzene rings is 1. The van der Waals surface area contributed by atoms with Gasteiger partial charge in [0.2, 0.25) is 0 Å². The van der Waals surface area contributed by atoms with Gasteiger partial charge in [-0.2, -0.15) is 0 Å². The van der Waals surface area contributed by atoms with Gasteiger partial charge in [0.05, 0.1) is 11.2 Å². The first-order chi connectivity index (χ1) is 10.9. The quantitative estimate of drug-likeness (QED) is 0.707. The lowest BCUT2D eigenvalue weighted by Gasteiger charge is -2.32. The van der Waals surface area contributed by atoms with Crippen LogP contribution in [0.1, 0.15) is 56.9 Å². The minimum Gasteiger partial charge on any atom is -0.438 e. The maximum Gasteiger partial charge on any atom is 0.419 e. The van der Waals surface area contributed by atoms with Crippen molar-refractivity contribution in [3.8, 4) is 0 Å². The van der Waals surface area contributed by atoms with Crippen molar-refractivity contribution in [3.05, 3.63) is 41.1 Å². The smallest absolute Gasteiger partial charge is 0.419 e. The van der Waals surface area contributed by atoms with E-state index in [0.717, 1.165) is 40.9 Å². The summed E-state index contributed by atoms with van der Waals surface area (Å²) in [5.74, 6) is 0.730. The predicted molar refractivity (Wildman–Crippen MR) is 92.6 cm³/mol. The zero-order valence-electron chi connectivity index (χ0n) is 14.3. The van der Waals surface area contributed by atoms with Crippen LogP contribution in [0.2, 0.25) is 0 Å². The van der Waals surface area contributed by atoms with E-state index in [4.69, 9.17) is 4.74 Å². The van der Waals surface area contributed by atoms with E-state index in [0.29, 0.717) is 0 Å². The Balaban J connectivity index is 2.01. The van der Waals surface area contributed by atoms with Crippen molar-refractivity contribution in [3.63, 3.8) is 0 Å². The summed E-state index contributed by atoms with van der Waals surface area (Å²) in [5, 5.41) is 1.14. The molecule has 0 spiro atoms. The molecule has 0 fully saturated rings. The molecule has 1 aromatic carbocycles. The minimum atomic E-state index is -0.581. The van der Waals surface area contributed by atoms with Gasteiger partial charge in [0.25, 0.3) is 0 Å². The van der Waals surface area contributed by atoms with Gasteiger partial charge in [0.1, 0.15) is 5.60 Å². The third-order valence-electron chi connectivity index (χ3n) is 5.22. The summed E-state index contributed by atoms with van der Waals surface area (Å²) in [6.45, 7) is 8.32. The van der Waals surface area contributed by atoms with Crippen molar-refractivity contribution in [2.45, 2.75) is 52.6 Å². The summed E-state index contributed by atoms with van der Waals surface area (Å²) in [6.07, 6.45) is 5.34. The molecule has 1 aliphatic heterocycles. The molecule has 23 heavy (non-hydrogen) atoms. The maximum atomic E-state index is 12.7. The Kier molecular flexibility index (Phi) is 2.99. The molecule has 2 aromatic rings. The Morgan fingerprint density at radius 2 is 2.04 bits per heavy atom. The lowest BCUT2D eigenvalue weighted by atomic mass is 9.89. The lowest BCUT2D eigenvalue weighted by Crippen LogP contribution is -2.34. The first-order valence-electron chi connectivity index (χ1n) is 8.46. The van der Waals surface area contributed by atoms with E-state index in [1.807, 2.05) is 13.8 Å². The molecule has 3 nitrogen and oxygen atoms in total. The molecule has 120 valence electrons. The largest absolute Gasteiger partial charge is 0.438 e. The molecule has 1 unspecified atom stereocenters. The topological polar surface area (TPSA) is 31.2 Å². The third kappa shape index (κ3) is 2.13. The number of hydrogen-bond donors (Lipinski definition) is 0. The number of ether oxygens (including phenoxy) is 1. The van der Waals surface area contributed by atoms with Crippen LogP contribution in [-0.4, -0.2) is 10.7 Å². The molecule has 0 amide bonds. The highest BCUT2D eigenvalue weighted by atomic mass is 16.6. The molecular weight excluding hydrogens is 286 g/mol. The zero-order chi connectivity index (χ0) is 16.4. The number of hydrogen-bond acceptors (Lipinski definition) is 2. The number of nitrogens with zero attached hydrogens (tertiary/aromatic N) is 1. The number of cyclic esters (lactones) is 1. The van der Waals surface area contributed by atoms with Crippen LogP contribution in [0.5, 0.6) is 0 Å². The molecule has 0 radical (unpaired) electrons. The van der Waals surface area contributed by atoms with Crippen LogP contribution in [0.3, 0.4) is 0 Å². The molecule has 3 heteroatoms. The second kappa shape index (κ2) is 4.73. The van der Waals surface area contributed by atoms with E-state index < -0.39 is 5.60 Å². The van der Waals surface area contributed by atoms with Crippen molar-refractivity contribution in [2.75, 3.05) is 0 Å². The number of carbonyl (C=O) groups is 1. The number of aromatic nitrogens is 1. The molecule has 0 bridgehead atoms. The molecule has 1 aromatic heterocycles. The van der Waals surface area contributed by atoms with Crippen LogP contribution in [0.15, 0.2) is 24.3 Å². The summed E-state index contributed by atoms with van der Waals surface area (Å²) in [6, 6.07) is 6.47. The summed E-state index contributed by atoms with van der Waals surface area (Å²) in [4.78, 5) is 12.7. The van der Waals surface area contributed by atoms with Gasteiger partial charge in [-0.25, -0.2) is 9.36 Å². The lowest BCUT2D eigenvalue weighted by molar-refractivity contribution is 0.0329. The van der Waals surface area contributed by atoms with Gasteiger partial charge in [-0.15, -0.1) is 0 Å². The van der Waals surface area contributed by atoms with Crippen molar-refractivity contribution >= 4 is 22.6 Å². The van der Waals surface area contributed by atoms with Crippen LogP contribution < -0.4 is 0 Å². The van der Waals surface area contributed by atoms with E-state index in [1.165, 1.54) is 17.6 Å². The standard InChI is InChI=1S/C20H23NO2/c1-12-5-7-14(8-6-12)17-11-15-9-13(2)10-16-18(15)21(17)19(22)23-20(16,3)4/h7,9-12H,5-6,8H2,1-4H3. The third-order valence-corrected chi connectivity index (χ3v) is 5.22. The fraction of sp³-hybridized carbons (Fsp3) is 0.450. The Labute approximate surface area is 136 Å². The van der Waals surface area contributed by atoms with Gasteiger partial charge in [0.15, 0.2) is 0 Å². The average molecular weight is 309 g/mol. The van der Waals surface area contributed by atoms with E-state index in [-0.39, 0.29) is 6.09 Å². The normalized spacial score (nSPS) is 22.9. The van der Waals surface area contributed by atoms with Crippen LogP contribution >= 0.6 is 0 Å². The van der Waals surface area contributed by atoms with Crippen molar-refractivity contribution < 1.29 is 9.53 Å². The first kappa shape index (κ1) is 14.6. The van der Waals surface area contributed by atoms with Gasteiger partial charge in [-0.1, -0.05) is 13.0 Å². The van der Waals surface area contributed by atoms with Crippen molar-refractivity contribution in [1.29, 1.82) is 0 Å². The fourth-order valence-electron chi connectivity index (χ4n) is 3.90. The highest BCUT2D eigenvalue weighted by molar-refractivity contribution is 5.99. The Morgan fingerprint density at radius 3 is 2.74 bits per heavy atom.